The number of nitro groups is 1. The van der Waals surface area contributed by atoms with Gasteiger partial charge in [0, 0.05) is 17.2 Å². The highest BCUT2D eigenvalue weighted by Crippen LogP contribution is 2.24. The van der Waals surface area contributed by atoms with Crippen LogP contribution in [0.1, 0.15) is 23.0 Å². The summed E-state index contributed by atoms with van der Waals surface area (Å²) < 4.78 is 9.74. The zero-order chi connectivity index (χ0) is 17.9. The summed E-state index contributed by atoms with van der Waals surface area (Å²) in [6.45, 7) is 2.96. The number of rotatable bonds is 5. The zero-order valence-corrected chi connectivity index (χ0v) is 13.4. The molecule has 0 saturated carbocycles. The van der Waals surface area contributed by atoms with Crippen LogP contribution in [0.3, 0.4) is 0 Å². The van der Waals surface area contributed by atoms with Crippen molar-refractivity contribution >= 4 is 35.0 Å². The highest BCUT2D eigenvalue weighted by Gasteiger charge is 2.26. The number of ether oxygens (including phenoxy) is 1. The molecule has 0 spiro atoms. The van der Waals surface area contributed by atoms with Gasteiger partial charge in [-0.3, -0.25) is 14.9 Å². The lowest BCUT2D eigenvalue weighted by molar-refractivity contribution is -0.385. The second kappa shape index (κ2) is 7.09. The summed E-state index contributed by atoms with van der Waals surface area (Å²) in [5.74, 6) is -1.05. The van der Waals surface area contributed by atoms with E-state index in [1.165, 1.54) is 19.1 Å². The van der Waals surface area contributed by atoms with Gasteiger partial charge < -0.3 is 14.6 Å². The van der Waals surface area contributed by atoms with Crippen molar-refractivity contribution in [1.82, 2.24) is 5.16 Å². The third kappa shape index (κ3) is 4.07. The molecule has 0 bridgehead atoms. The van der Waals surface area contributed by atoms with E-state index in [0.717, 1.165) is 12.1 Å². The molecule has 0 unspecified atom stereocenters. The van der Waals surface area contributed by atoms with Crippen molar-refractivity contribution in [2.75, 3.05) is 5.32 Å². The van der Waals surface area contributed by atoms with Gasteiger partial charge in [0.15, 0.2) is 11.9 Å². The second-order valence-corrected chi connectivity index (χ2v) is 5.21. The molecule has 0 fully saturated rings. The molecule has 0 saturated heterocycles. The minimum Gasteiger partial charge on any atom is -0.449 e. The molecular formula is C14H12ClN3O6. The molecule has 9 nitrogen and oxygen atoms in total. The smallest absolute Gasteiger partial charge is 0.345 e. The number of nitro benzene ring substituents is 1. The van der Waals surface area contributed by atoms with E-state index < -0.39 is 28.6 Å². The molecule has 2 rings (SSSR count). The Morgan fingerprint density at radius 2 is 2.12 bits per heavy atom. The van der Waals surface area contributed by atoms with E-state index in [1.807, 2.05) is 0 Å². The molecule has 1 aromatic heterocycles. The van der Waals surface area contributed by atoms with Gasteiger partial charge in [-0.05, 0) is 26.0 Å². The fourth-order valence-electron chi connectivity index (χ4n) is 1.76. The minimum atomic E-state index is -1.21. The van der Waals surface area contributed by atoms with Crippen molar-refractivity contribution in [2.24, 2.45) is 0 Å². The van der Waals surface area contributed by atoms with Crippen LogP contribution >= 0.6 is 11.6 Å². The lowest BCUT2D eigenvalue weighted by atomic mass is 10.2. The number of nitrogens with one attached hydrogen (secondary N) is 1. The van der Waals surface area contributed by atoms with Gasteiger partial charge in [0.25, 0.3) is 11.6 Å². The molecule has 1 atom stereocenters. The monoisotopic (exact) mass is 353 g/mol. The van der Waals surface area contributed by atoms with Crippen LogP contribution in [0, 0.1) is 17.0 Å². The lowest BCUT2D eigenvalue weighted by Gasteiger charge is -2.12. The summed E-state index contributed by atoms with van der Waals surface area (Å²) >= 11 is 5.75. The Morgan fingerprint density at radius 1 is 1.42 bits per heavy atom. The number of anilines is 1. The van der Waals surface area contributed by atoms with Crippen molar-refractivity contribution in [3.8, 4) is 0 Å². The molecule has 1 heterocycles. The highest BCUT2D eigenvalue weighted by molar-refractivity contribution is 6.31. The van der Waals surface area contributed by atoms with Crippen LogP contribution in [0.5, 0.6) is 0 Å². The van der Waals surface area contributed by atoms with Gasteiger partial charge in [-0.1, -0.05) is 16.8 Å². The number of halogens is 1. The van der Waals surface area contributed by atoms with Gasteiger partial charge in [-0.2, -0.15) is 0 Å². The predicted molar refractivity (Wildman–Crippen MR) is 82.9 cm³/mol. The summed E-state index contributed by atoms with van der Waals surface area (Å²) in [7, 11) is 0. The minimum absolute atomic E-state index is 0.128. The molecule has 1 aromatic carbocycles. The van der Waals surface area contributed by atoms with Gasteiger partial charge >= 0.3 is 5.97 Å². The number of aryl methyl sites for hydroxylation is 1. The zero-order valence-electron chi connectivity index (χ0n) is 12.6. The summed E-state index contributed by atoms with van der Waals surface area (Å²) in [5.41, 5.74) is -0.812. The van der Waals surface area contributed by atoms with E-state index >= 15 is 0 Å². The third-order valence-electron chi connectivity index (χ3n) is 2.91. The van der Waals surface area contributed by atoms with Crippen LogP contribution in [-0.2, 0) is 9.53 Å². The number of carbonyl (C=O) groups excluding carboxylic acids is 2. The quantitative estimate of drug-likeness (QED) is 0.497. The Kier molecular flexibility index (Phi) is 5.14. The summed E-state index contributed by atoms with van der Waals surface area (Å²) in [5, 5.41) is 17.0. The van der Waals surface area contributed by atoms with E-state index in [2.05, 4.69) is 10.5 Å². The Labute approximate surface area is 140 Å². The van der Waals surface area contributed by atoms with E-state index in [4.69, 9.17) is 20.9 Å². The van der Waals surface area contributed by atoms with Gasteiger partial charge in [0.1, 0.15) is 11.3 Å². The maximum Gasteiger partial charge on any atom is 0.345 e. The Balaban J connectivity index is 2.10. The van der Waals surface area contributed by atoms with E-state index in [9.17, 15) is 19.7 Å². The van der Waals surface area contributed by atoms with Crippen molar-refractivity contribution in [3.05, 3.63) is 50.7 Å². The number of aromatic nitrogens is 1. The average Bonchev–Trinajstić information content (AvgIpc) is 2.91. The van der Waals surface area contributed by atoms with Gasteiger partial charge in [0.05, 0.1) is 4.92 Å². The van der Waals surface area contributed by atoms with Crippen molar-refractivity contribution in [3.63, 3.8) is 0 Å². The molecule has 1 amide bonds. The molecule has 126 valence electrons. The fraction of sp³-hybridized carbons (Fsp3) is 0.214. The maximum absolute atomic E-state index is 12.1. The van der Waals surface area contributed by atoms with Crippen LogP contribution < -0.4 is 5.32 Å². The second-order valence-electron chi connectivity index (χ2n) is 4.78. The SMILES string of the molecule is Cc1cc(NC(=O)[C@H](C)OC(=O)c2cc(Cl)ccc2[N+](=O)[O-])no1. The average molecular weight is 354 g/mol. The molecule has 0 aliphatic carbocycles. The fourth-order valence-corrected chi connectivity index (χ4v) is 1.93. The van der Waals surface area contributed by atoms with Gasteiger partial charge in [-0.15, -0.1) is 0 Å². The first kappa shape index (κ1) is 17.4. The summed E-state index contributed by atoms with van der Waals surface area (Å²) in [6.07, 6.45) is -1.21. The largest absolute Gasteiger partial charge is 0.449 e. The number of amides is 1. The summed E-state index contributed by atoms with van der Waals surface area (Å²) in [4.78, 5) is 34.3. The van der Waals surface area contributed by atoms with Crippen molar-refractivity contribution in [2.45, 2.75) is 20.0 Å². The first-order chi connectivity index (χ1) is 11.3. The number of hydrogen-bond acceptors (Lipinski definition) is 7. The molecule has 2 aromatic rings. The van der Waals surface area contributed by atoms with Gasteiger partial charge in [-0.25, -0.2) is 4.79 Å². The first-order valence-electron chi connectivity index (χ1n) is 6.67. The van der Waals surface area contributed by atoms with Crippen LogP contribution in [0.25, 0.3) is 0 Å². The highest BCUT2D eigenvalue weighted by atomic mass is 35.5. The van der Waals surface area contributed by atoms with Gasteiger partial charge in [0.2, 0.25) is 0 Å². The lowest BCUT2D eigenvalue weighted by Crippen LogP contribution is -2.30. The number of esters is 1. The predicted octanol–water partition coefficient (Wildman–Crippen LogP) is 2.73. The number of benzene rings is 1. The number of hydrogen-bond donors (Lipinski definition) is 1. The van der Waals surface area contributed by atoms with Crippen LogP contribution in [0.2, 0.25) is 5.02 Å². The molecule has 24 heavy (non-hydrogen) atoms. The van der Waals surface area contributed by atoms with Crippen LogP contribution in [-0.4, -0.2) is 28.1 Å². The molecule has 10 heteroatoms. The molecule has 0 radical (unpaired) electrons. The topological polar surface area (TPSA) is 125 Å². The van der Waals surface area contributed by atoms with Crippen molar-refractivity contribution in [1.29, 1.82) is 0 Å². The Bertz CT molecular complexity index is 804. The normalized spacial score (nSPS) is 11.6. The Hall–Kier alpha value is -2.94. The van der Waals surface area contributed by atoms with E-state index in [-0.39, 0.29) is 16.4 Å². The van der Waals surface area contributed by atoms with Crippen LogP contribution in [0.15, 0.2) is 28.8 Å². The number of carbonyl (C=O) groups is 2. The number of nitrogens with zero attached hydrogens (tertiary/aromatic N) is 2. The van der Waals surface area contributed by atoms with Crippen molar-refractivity contribution < 1.29 is 23.8 Å². The Morgan fingerprint density at radius 3 is 2.71 bits per heavy atom. The third-order valence-corrected chi connectivity index (χ3v) is 3.14. The van der Waals surface area contributed by atoms with E-state index in [0.29, 0.717) is 5.76 Å². The molecule has 0 aliphatic rings. The standard InChI is InChI=1S/C14H12ClN3O6/c1-7-5-12(17-24-7)16-13(19)8(2)23-14(20)10-6-9(15)3-4-11(10)18(21)22/h3-6,8H,1-2H3,(H,16,17,19)/t8-/m0/s1. The first-order valence-corrected chi connectivity index (χ1v) is 7.05. The summed E-state index contributed by atoms with van der Waals surface area (Å²) in [6, 6.07) is 4.95. The maximum atomic E-state index is 12.1. The van der Waals surface area contributed by atoms with E-state index in [1.54, 1.807) is 6.92 Å². The molecular weight excluding hydrogens is 342 g/mol. The molecule has 1 N–H and O–H groups in total. The molecule has 0 aliphatic heterocycles. The van der Waals surface area contributed by atoms with Crippen LogP contribution in [0.4, 0.5) is 11.5 Å².